The molecular formula is C12H19ClN2. The predicted octanol–water partition coefficient (Wildman–Crippen LogP) is 2.99. The number of fused-ring (bicyclic) bond motifs is 1. The van der Waals surface area contributed by atoms with Gasteiger partial charge in [-0.1, -0.05) is 25.1 Å². The Morgan fingerprint density at radius 1 is 1.20 bits per heavy atom. The quantitative estimate of drug-likeness (QED) is 0.769. The molecule has 2 N–H and O–H groups in total. The lowest BCUT2D eigenvalue weighted by Crippen LogP contribution is -1.89. The van der Waals surface area contributed by atoms with E-state index >= 15 is 0 Å². The number of para-hydroxylation sites is 1. The highest BCUT2D eigenvalue weighted by atomic mass is 35.5. The largest absolute Gasteiger partial charge is 0.361 e. The molecule has 2 aromatic rings. The zero-order chi connectivity index (χ0) is 10.4. The highest BCUT2D eigenvalue weighted by Crippen LogP contribution is 2.17. The highest BCUT2D eigenvalue weighted by Gasteiger charge is 1.97. The van der Waals surface area contributed by atoms with Gasteiger partial charge in [-0.15, -0.1) is 12.4 Å². The van der Waals surface area contributed by atoms with Crippen LogP contribution in [-0.4, -0.2) is 19.1 Å². The molecule has 1 aromatic heterocycles. The molecule has 0 fully saturated rings. The van der Waals surface area contributed by atoms with Gasteiger partial charge in [0.1, 0.15) is 0 Å². The first kappa shape index (κ1) is 14.0. The van der Waals surface area contributed by atoms with Crippen LogP contribution >= 0.6 is 12.4 Å². The second-order valence-corrected chi connectivity index (χ2v) is 3.21. The van der Waals surface area contributed by atoms with E-state index in [2.05, 4.69) is 47.7 Å². The SMILES string of the molecule is CCc1c[nH]c2ccccc12.CNC.Cl. The van der Waals surface area contributed by atoms with Crippen molar-refractivity contribution in [2.24, 2.45) is 0 Å². The van der Waals surface area contributed by atoms with Crippen molar-refractivity contribution >= 4 is 23.3 Å². The average molecular weight is 227 g/mol. The Morgan fingerprint density at radius 3 is 2.40 bits per heavy atom. The molecule has 0 aliphatic heterocycles. The third kappa shape index (κ3) is 3.57. The number of aromatic nitrogens is 1. The third-order valence-corrected chi connectivity index (χ3v) is 2.06. The van der Waals surface area contributed by atoms with Crippen molar-refractivity contribution in [3.8, 4) is 0 Å². The zero-order valence-electron chi connectivity index (χ0n) is 9.50. The van der Waals surface area contributed by atoms with Crippen LogP contribution in [0.1, 0.15) is 12.5 Å². The van der Waals surface area contributed by atoms with Crippen molar-refractivity contribution in [2.75, 3.05) is 14.1 Å². The number of hydrogen-bond donors (Lipinski definition) is 2. The van der Waals surface area contributed by atoms with Gasteiger partial charge in [0, 0.05) is 17.1 Å². The van der Waals surface area contributed by atoms with Gasteiger partial charge >= 0.3 is 0 Å². The molecule has 0 saturated heterocycles. The zero-order valence-corrected chi connectivity index (χ0v) is 10.3. The lowest BCUT2D eigenvalue weighted by atomic mass is 10.1. The van der Waals surface area contributed by atoms with Crippen LogP contribution in [0.3, 0.4) is 0 Å². The number of nitrogens with one attached hydrogen (secondary N) is 2. The molecule has 2 nitrogen and oxygen atoms in total. The summed E-state index contributed by atoms with van der Waals surface area (Å²) in [7, 11) is 3.75. The molecule has 0 bridgehead atoms. The number of aromatic amines is 1. The van der Waals surface area contributed by atoms with E-state index in [9.17, 15) is 0 Å². The van der Waals surface area contributed by atoms with E-state index in [0.29, 0.717) is 0 Å². The average Bonchev–Trinajstić information content (AvgIpc) is 2.62. The van der Waals surface area contributed by atoms with Gasteiger partial charge in [0.05, 0.1) is 0 Å². The Kier molecular flexibility index (Phi) is 6.84. The fraction of sp³-hybridized carbons (Fsp3) is 0.333. The number of hydrogen-bond acceptors (Lipinski definition) is 1. The van der Waals surface area contributed by atoms with E-state index < -0.39 is 0 Å². The molecule has 0 amide bonds. The minimum absolute atomic E-state index is 0. The minimum Gasteiger partial charge on any atom is -0.361 e. The molecular weight excluding hydrogens is 208 g/mol. The van der Waals surface area contributed by atoms with Crippen molar-refractivity contribution in [1.82, 2.24) is 10.3 Å². The maximum Gasteiger partial charge on any atom is 0.0456 e. The number of benzene rings is 1. The smallest absolute Gasteiger partial charge is 0.0456 e. The third-order valence-electron chi connectivity index (χ3n) is 2.06. The molecule has 0 atom stereocenters. The molecule has 0 aliphatic rings. The van der Waals surface area contributed by atoms with Crippen molar-refractivity contribution in [2.45, 2.75) is 13.3 Å². The summed E-state index contributed by atoms with van der Waals surface area (Å²) in [5.74, 6) is 0. The van der Waals surface area contributed by atoms with E-state index in [-0.39, 0.29) is 12.4 Å². The van der Waals surface area contributed by atoms with Crippen molar-refractivity contribution in [3.05, 3.63) is 36.0 Å². The van der Waals surface area contributed by atoms with Crippen molar-refractivity contribution < 1.29 is 0 Å². The molecule has 0 unspecified atom stereocenters. The van der Waals surface area contributed by atoms with Gasteiger partial charge in [0.15, 0.2) is 0 Å². The van der Waals surface area contributed by atoms with Crippen LogP contribution in [0.4, 0.5) is 0 Å². The Balaban J connectivity index is 0.000000443. The maximum absolute atomic E-state index is 3.24. The molecule has 0 radical (unpaired) electrons. The van der Waals surface area contributed by atoms with Gasteiger partial charge in [-0.3, -0.25) is 0 Å². The van der Waals surface area contributed by atoms with Gasteiger partial charge in [0.2, 0.25) is 0 Å². The second-order valence-electron chi connectivity index (χ2n) is 3.21. The van der Waals surface area contributed by atoms with Gasteiger partial charge in [-0.25, -0.2) is 0 Å². The lowest BCUT2D eigenvalue weighted by molar-refractivity contribution is 1.02. The summed E-state index contributed by atoms with van der Waals surface area (Å²) >= 11 is 0. The molecule has 84 valence electrons. The Bertz CT molecular complexity index is 382. The van der Waals surface area contributed by atoms with E-state index in [1.165, 1.54) is 16.5 Å². The normalized spacial score (nSPS) is 9.00. The van der Waals surface area contributed by atoms with Crippen LogP contribution in [0, 0.1) is 0 Å². The number of rotatable bonds is 1. The predicted molar refractivity (Wildman–Crippen MR) is 69.9 cm³/mol. The second kappa shape index (κ2) is 7.32. The van der Waals surface area contributed by atoms with Crippen LogP contribution in [0.2, 0.25) is 0 Å². The van der Waals surface area contributed by atoms with Crippen LogP contribution in [-0.2, 0) is 6.42 Å². The summed E-state index contributed by atoms with van der Waals surface area (Å²) in [5.41, 5.74) is 2.64. The first-order chi connectivity index (χ1) is 6.83. The summed E-state index contributed by atoms with van der Waals surface area (Å²) in [6, 6.07) is 8.40. The summed E-state index contributed by atoms with van der Waals surface area (Å²) in [6.45, 7) is 2.18. The Morgan fingerprint density at radius 2 is 1.80 bits per heavy atom. The van der Waals surface area contributed by atoms with Gasteiger partial charge in [0.25, 0.3) is 0 Å². The lowest BCUT2D eigenvalue weighted by Gasteiger charge is -1.90. The van der Waals surface area contributed by atoms with Gasteiger partial charge in [-0.05, 0) is 32.1 Å². The van der Waals surface area contributed by atoms with E-state index in [0.717, 1.165) is 6.42 Å². The number of H-pyrrole nitrogens is 1. The number of aryl methyl sites for hydroxylation is 1. The molecule has 1 heterocycles. The van der Waals surface area contributed by atoms with Crippen molar-refractivity contribution in [3.63, 3.8) is 0 Å². The number of halogens is 1. The molecule has 15 heavy (non-hydrogen) atoms. The van der Waals surface area contributed by atoms with Crippen LogP contribution in [0.25, 0.3) is 10.9 Å². The molecule has 1 aromatic carbocycles. The standard InChI is InChI=1S/C10H11N.C2H7N.ClH/c1-2-8-7-11-10-6-4-3-5-9(8)10;1-3-2;/h3-7,11H,2H2,1H3;3H,1-2H3;1H. The van der Waals surface area contributed by atoms with Crippen molar-refractivity contribution in [1.29, 1.82) is 0 Å². The first-order valence-electron chi connectivity index (χ1n) is 4.97. The molecule has 2 rings (SSSR count). The maximum atomic E-state index is 3.24. The van der Waals surface area contributed by atoms with Gasteiger partial charge in [-0.2, -0.15) is 0 Å². The molecule has 3 heteroatoms. The molecule has 0 spiro atoms. The fourth-order valence-electron chi connectivity index (χ4n) is 1.42. The van der Waals surface area contributed by atoms with E-state index in [1.54, 1.807) is 0 Å². The van der Waals surface area contributed by atoms with Crippen LogP contribution in [0.5, 0.6) is 0 Å². The Labute approximate surface area is 97.5 Å². The minimum atomic E-state index is 0. The molecule has 0 aliphatic carbocycles. The summed E-state index contributed by atoms with van der Waals surface area (Å²) < 4.78 is 0. The monoisotopic (exact) mass is 226 g/mol. The summed E-state index contributed by atoms with van der Waals surface area (Å²) in [4.78, 5) is 3.24. The van der Waals surface area contributed by atoms with Gasteiger partial charge < -0.3 is 10.3 Å². The summed E-state index contributed by atoms with van der Waals surface area (Å²) in [6.07, 6.45) is 3.19. The highest BCUT2D eigenvalue weighted by molar-refractivity contribution is 5.85. The van der Waals surface area contributed by atoms with Crippen LogP contribution < -0.4 is 5.32 Å². The fourth-order valence-corrected chi connectivity index (χ4v) is 1.42. The van der Waals surface area contributed by atoms with E-state index in [1.807, 2.05) is 14.1 Å². The molecule has 0 saturated carbocycles. The van der Waals surface area contributed by atoms with E-state index in [4.69, 9.17) is 0 Å². The summed E-state index contributed by atoms with van der Waals surface area (Å²) in [5, 5.41) is 4.11. The first-order valence-corrected chi connectivity index (χ1v) is 4.97. The Hall–Kier alpha value is -0.990. The van der Waals surface area contributed by atoms with Crippen LogP contribution in [0.15, 0.2) is 30.5 Å². The topological polar surface area (TPSA) is 27.8 Å².